The third-order valence-corrected chi connectivity index (χ3v) is 3.11. The fourth-order valence-corrected chi connectivity index (χ4v) is 1.94. The van der Waals surface area contributed by atoms with Crippen LogP contribution in [-0.4, -0.2) is 10.8 Å². The van der Waals surface area contributed by atoms with Crippen LogP contribution in [0.2, 0.25) is 5.02 Å². The Labute approximate surface area is 129 Å². The van der Waals surface area contributed by atoms with Crippen LogP contribution < -0.4 is 4.74 Å². The summed E-state index contributed by atoms with van der Waals surface area (Å²) in [7, 11) is 0. The molecule has 116 valence electrons. The van der Waals surface area contributed by atoms with E-state index < -0.39 is 11.7 Å². The standard InChI is InChI=1S/C15H11ClF3NO2/c1-9(21)11-4-2-3-10(5-11)8-22-14-13(16)6-12(7-20-14)15(17,18)19/h2-7H,8H2,1H3. The molecule has 0 aliphatic carbocycles. The zero-order valence-electron chi connectivity index (χ0n) is 11.4. The fourth-order valence-electron chi connectivity index (χ4n) is 1.72. The highest BCUT2D eigenvalue weighted by molar-refractivity contribution is 6.31. The van der Waals surface area contributed by atoms with E-state index in [1.54, 1.807) is 24.3 Å². The van der Waals surface area contributed by atoms with E-state index in [2.05, 4.69) is 4.98 Å². The lowest BCUT2D eigenvalue weighted by Crippen LogP contribution is -2.06. The first-order valence-corrected chi connectivity index (χ1v) is 6.60. The molecule has 2 aromatic rings. The van der Waals surface area contributed by atoms with E-state index in [1.165, 1.54) is 6.92 Å². The van der Waals surface area contributed by atoms with Crippen LogP contribution in [-0.2, 0) is 12.8 Å². The number of hydrogen-bond acceptors (Lipinski definition) is 3. The fraction of sp³-hybridized carbons (Fsp3) is 0.200. The summed E-state index contributed by atoms with van der Waals surface area (Å²) in [4.78, 5) is 14.9. The number of hydrogen-bond donors (Lipinski definition) is 0. The van der Waals surface area contributed by atoms with Crippen molar-refractivity contribution < 1.29 is 22.7 Å². The van der Waals surface area contributed by atoms with Crippen LogP contribution in [0.25, 0.3) is 0 Å². The Kier molecular flexibility index (Phi) is 4.71. The van der Waals surface area contributed by atoms with E-state index in [4.69, 9.17) is 16.3 Å². The lowest BCUT2D eigenvalue weighted by atomic mass is 10.1. The van der Waals surface area contributed by atoms with E-state index in [9.17, 15) is 18.0 Å². The average Bonchev–Trinajstić information content (AvgIpc) is 2.45. The molecule has 0 fully saturated rings. The third-order valence-electron chi connectivity index (χ3n) is 2.84. The number of benzene rings is 1. The van der Waals surface area contributed by atoms with Crippen molar-refractivity contribution in [2.24, 2.45) is 0 Å². The Bertz CT molecular complexity index is 701. The highest BCUT2D eigenvalue weighted by Gasteiger charge is 2.31. The number of alkyl halides is 3. The number of ether oxygens (including phenoxy) is 1. The van der Waals surface area contributed by atoms with Gasteiger partial charge in [-0.2, -0.15) is 13.2 Å². The summed E-state index contributed by atoms with van der Waals surface area (Å²) in [5.74, 6) is -0.185. The zero-order valence-corrected chi connectivity index (χ0v) is 12.2. The second-order valence-electron chi connectivity index (χ2n) is 4.55. The number of ketones is 1. The Balaban J connectivity index is 2.12. The van der Waals surface area contributed by atoms with Gasteiger partial charge in [0, 0.05) is 11.8 Å². The van der Waals surface area contributed by atoms with Crippen LogP contribution in [0.5, 0.6) is 5.88 Å². The quantitative estimate of drug-likeness (QED) is 0.773. The van der Waals surface area contributed by atoms with Crippen LogP contribution in [0.3, 0.4) is 0 Å². The van der Waals surface area contributed by atoms with Crippen molar-refractivity contribution >= 4 is 17.4 Å². The molecule has 0 N–H and O–H groups in total. The van der Waals surface area contributed by atoms with Gasteiger partial charge in [-0.3, -0.25) is 4.79 Å². The molecule has 0 bridgehead atoms. The van der Waals surface area contributed by atoms with Crippen molar-refractivity contribution in [2.45, 2.75) is 19.7 Å². The first-order valence-electron chi connectivity index (χ1n) is 6.23. The maximum absolute atomic E-state index is 12.5. The molecule has 22 heavy (non-hydrogen) atoms. The topological polar surface area (TPSA) is 39.2 Å². The number of rotatable bonds is 4. The zero-order chi connectivity index (χ0) is 16.3. The van der Waals surface area contributed by atoms with Gasteiger partial charge in [0.2, 0.25) is 5.88 Å². The number of carbonyl (C=O) groups excluding carboxylic acids is 1. The number of Topliss-reactive ketones (excluding diaryl/α,β-unsaturated/α-hetero) is 1. The van der Waals surface area contributed by atoms with E-state index in [0.29, 0.717) is 17.3 Å². The van der Waals surface area contributed by atoms with Crippen LogP contribution >= 0.6 is 11.6 Å². The van der Waals surface area contributed by atoms with Gasteiger partial charge in [0.25, 0.3) is 0 Å². The van der Waals surface area contributed by atoms with Crippen molar-refractivity contribution in [2.75, 3.05) is 0 Å². The minimum Gasteiger partial charge on any atom is -0.472 e. The predicted molar refractivity (Wildman–Crippen MR) is 75.0 cm³/mol. The van der Waals surface area contributed by atoms with Crippen molar-refractivity contribution in [1.29, 1.82) is 0 Å². The number of nitrogens with zero attached hydrogens (tertiary/aromatic N) is 1. The normalized spacial score (nSPS) is 11.3. The van der Waals surface area contributed by atoms with Gasteiger partial charge >= 0.3 is 6.18 Å². The molecule has 0 saturated carbocycles. The summed E-state index contributed by atoms with van der Waals surface area (Å²) in [6.45, 7) is 1.48. The summed E-state index contributed by atoms with van der Waals surface area (Å²) in [6.07, 6.45) is -3.85. The summed E-state index contributed by atoms with van der Waals surface area (Å²) in [5, 5.41) is -0.224. The second kappa shape index (κ2) is 6.36. The van der Waals surface area contributed by atoms with Gasteiger partial charge in [0.15, 0.2) is 5.78 Å². The SMILES string of the molecule is CC(=O)c1cccc(COc2ncc(C(F)(F)F)cc2Cl)c1. The lowest BCUT2D eigenvalue weighted by molar-refractivity contribution is -0.137. The molecule has 0 unspecified atom stereocenters. The molecule has 0 aliphatic heterocycles. The Morgan fingerprint density at radius 1 is 1.32 bits per heavy atom. The maximum atomic E-state index is 12.5. The van der Waals surface area contributed by atoms with E-state index in [-0.39, 0.29) is 23.3 Å². The summed E-state index contributed by atoms with van der Waals surface area (Å²) in [6, 6.07) is 7.48. The maximum Gasteiger partial charge on any atom is 0.417 e. The molecule has 3 nitrogen and oxygen atoms in total. The number of carbonyl (C=O) groups is 1. The van der Waals surface area contributed by atoms with Gasteiger partial charge in [-0.1, -0.05) is 29.8 Å². The second-order valence-corrected chi connectivity index (χ2v) is 4.96. The van der Waals surface area contributed by atoms with Gasteiger partial charge in [-0.15, -0.1) is 0 Å². The lowest BCUT2D eigenvalue weighted by Gasteiger charge is -2.10. The van der Waals surface area contributed by atoms with E-state index in [0.717, 1.165) is 6.07 Å². The van der Waals surface area contributed by atoms with E-state index >= 15 is 0 Å². The van der Waals surface area contributed by atoms with Gasteiger partial charge < -0.3 is 4.74 Å². The summed E-state index contributed by atoms with van der Waals surface area (Å²) < 4.78 is 42.8. The van der Waals surface area contributed by atoms with Gasteiger partial charge in [0.05, 0.1) is 5.56 Å². The van der Waals surface area contributed by atoms with Crippen LogP contribution in [0, 0.1) is 0 Å². The summed E-state index contributed by atoms with van der Waals surface area (Å²) in [5.41, 5.74) is 0.265. The van der Waals surface area contributed by atoms with Crippen LogP contribution in [0.15, 0.2) is 36.5 Å². The Morgan fingerprint density at radius 3 is 2.64 bits per heavy atom. The molecule has 1 aromatic carbocycles. The first kappa shape index (κ1) is 16.3. The number of halogens is 4. The Morgan fingerprint density at radius 2 is 2.05 bits per heavy atom. The number of aromatic nitrogens is 1. The van der Waals surface area contributed by atoms with Crippen LogP contribution in [0.1, 0.15) is 28.4 Å². The molecular formula is C15H11ClF3NO2. The number of pyridine rings is 1. The highest BCUT2D eigenvalue weighted by atomic mass is 35.5. The smallest absolute Gasteiger partial charge is 0.417 e. The van der Waals surface area contributed by atoms with Gasteiger partial charge in [0.1, 0.15) is 11.6 Å². The molecule has 2 rings (SSSR count). The predicted octanol–water partition coefficient (Wildman–Crippen LogP) is 4.54. The van der Waals surface area contributed by atoms with Gasteiger partial charge in [-0.05, 0) is 24.6 Å². The molecule has 7 heteroatoms. The monoisotopic (exact) mass is 329 g/mol. The molecule has 0 atom stereocenters. The molecule has 0 radical (unpaired) electrons. The Hall–Kier alpha value is -2.08. The van der Waals surface area contributed by atoms with Crippen molar-refractivity contribution in [1.82, 2.24) is 4.98 Å². The van der Waals surface area contributed by atoms with Gasteiger partial charge in [-0.25, -0.2) is 4.98 Å². The molecule has 1 heterocycles. The minimum atomic E-state index is -4.51. The average molecular weight is 330 g/mol. The largest absolute Gasteiger partial charge is 0.472 e. The van der Waals surface area contributed by atoms with Crippen molar-refractivity contribution in [3.05, 3.63) is 58.2 Å². The van der Waals surface area contributed by atoms with Crippen molar-refractivity contribution in [3.8, 4) is 5.88 Å². The minimum absolute atomic E-state index is 0.0409. The molecule has 1 aromatic heterocycles. The summed E-state index contributed by atoms with van der Waals surface area (Å²) >= 11 is 5.74. The molecule has 0 saturated heterocycles. The van der Waals surface area contributed by atoms with E-state index in [1.807, 2.05) is 0 Å². The molecule has 0 amide bonds. The molecular weight excluding hydrogens is 319 g/mol. The van der Waals surface area contributed by atoms with Crippen LogP contribution in [0.4, 0.5) is 13.2 Å². The highest BCUT2D eigenvalue weighted by Crippen LogP contribution is 2.33. The van der Waals surface area contributed by atoms with Crippen molar-refractivity contribution in [3.63, 3.8) is 0 Å². The molecule has 0 spiro atoms. The molecule has 0 aliphatic rings. The third kappa shape index (κ3) is 3.98. The first-order chi connectivity index (χ1) is 10.3.